The van der Waals surface area contributed by atoms with Crippen LogP contribution in [0.1, 0.15) is 24.0 Å². The van der Waals surface area contributed by atoms with Gasteiger partial charge >= 0.3 is 6.18 Å². The van der Waals surface area contributed by atoms with Crippen molar-refractivity contribution >= 4 is 17.4 Å². The first-order valence-corrected chi connectivity index (χ1v) is 7.98. The molecule has 9 heteroatoms. The number of amides is 1. The second-order valence-electron chi connectivity index (χ2n) is 6.05. The average Bonchev–Trinajstić information content (AvgIpc) is 3.02. The molecule has 0 unspecified atom stereocenters. The highest BCUT2D eigenvalue weighted by Gasteiger charge is 2.33. The Morgan fingerprint density at radius 3 is 2.73 bits per heavy atom. The van der Waals surface area contributed by atoms with Gasteiger partial charge in [-0.3, -0.25) is 14.4 Å². The molecule has 2 heterocycles. The molecule has 2 aromatic rings. The van der Waals surface area contributed by atoms with Crippen molar-refractivity contribution in [3.05, 3.63) is 41.6 Å². The largest absolute Gasteiger partial charge is 0.416 e. The van der Waals surface area contributed by atoms with Gasteiger partial charge in [0.05, 0.1) is 16.8 Å². The van der Waals surface area contributed by atoms with E-state index in [1.165, 1.54) is 11.0 Å². The minimum atomic E-state index is -4.53. The average molecular weight is 363 g/mol. The lowest BCUT2D eigenvalue weighted by atomic mass is 10.0. The van der Waals surface area contributed by atoms with Crippen LogP contribution in [0.5, 0.6) is 0 Å². The lowest BCUT2D eigenvalue weighted by Crippen LogP contribution is -2.48. The van der Waals surface area contributed by atoms with Crippen LogP contribution in [0, 0.1) is 11.3 Å². The highest BCUT2D eigenvalue weighted by molar-refractivity contribution is 5.98. The molecule has 1 aliphatic rings. The highest BCUT2D eigenvalue weighted by atomic mass is 19.4. The summed E-state index contributed by atoms with van der Waals surface area (Å²) in [6.45, 7) is 0.520. The Kier molecular flexibility index (Phi) is 4.59. The van der Waals surface area contributed by atoms with E-state index in [0.717, 1.165) is 12.1 Å². The zero-order chi connectivity index (χ0) is 18.9. The predicted octanol–water partition coefficient (Wildman–Crippen LogP) is 2.92. The zero-order valence-corrected chi connectivity index (χ0v) is 13.9. The molecule has 1 aromatic heterocycles. The van der Waals surface area contributed by atoms with Gasteiger partial charge in [-0.25, -0.2) is 0 Å². The number of benzene rings is 1. The number of nitrogens with one attached hydrogen (secondary N) is 1. The number of rotatable bonds is 3. The molecule has 1 fully saturated rings. The van der Waals surface area contributed by atoms with Gasteiger partial charge in [-0.1, -0.05) is 0 Å². The van der Waals surface area contributed by atoms with Crippen LogP contribution in [0.25, 0.3) is 0 Å². The van der Waals surface area contributed by atoms with Crippen LogP contribution >= 0.6 is 0 Å². The van der Waals surface area contributed by atoms with Crippen LogP contribution in [-0.2, 0) is 18.0 Å². The van der Waals surface area contributed by atoms with Gasteiger partial charge in [0.2, 0.25) is 0 Å². The summed E-state index contributed by atoms with van der Waals surface area (Å²) in [7, 11) is 1.75. The fourth-order valence-corrected chi connectivity index (χ4v) is 2.91. The van der Waals surface area contributed by atoms with Crippen LogP contribution in [-0.4, -0.2) is 28.3 Å². The third-order valence-corrected chi connectivity index (χ3v) is 4.21. The van der Waals surface area contributed by atoms with E-state index >= 15 is 0 Å². The van der Waals surface area contributed by atoms with Crippen molar-refractivity contribution in [2.45, 2.75) is 25.1 Å². The van der Waals surface area contributed by atoms with Gasteiger partial charge in [-0.05, 0) is 31.0 Å². The molecule has 0 bridgehead atoms. The molecule has 136 valence electrons. The highest BCUT2D eigenvalue weighted by Crippen LogP contribution is 2.32. The number of halogens is 3. The summed E-state index contributed by atoms with van der Waals surface area (Å²) >= 11 is 0. The minimum Gasteiger partial charge on any atom is -0.373 e. The number of aryl methyl sites for hydroxylation is 1. The number of aromatic nitrogens is 2. The number of alkyl halides is 3. The van der Waals surface area contributed by atoms with Crippen LogP contribution in [0.2, 0.25) is 0 Å². The Bertz CT molecular complexity index is 868. The Balaban J connectivity index is 1.82. The lowest BCUT2D eigenvalue weighted by Gasteiger charge is -2.32. The quantitative estimate of drug-likeness (QED) is 0.910. The second-order valence-corrected chi connectivity index (χ2v) is 6.05. The summed E-state index contributed by atoms with van der Waals surface area (Å²) < 4.78 is 40.0. The van der Waals surface area contributed by atoms with Crippen LogP contribution in [0.3, 0.4) is 0 Å². The number of piperidine rings is 1. The molecule has 6 nitrogen and oxygen atoms in total. The normalized spacial score (nSPS) is 17.9. The summed E-state index contributed by atoms with van der Waals surface area (Å²) in [5, 5.41) is 16.3. The van der Waals surface area contributed by atoms with E-state index in [1.54, 1.807) is 30.1 Å². The van der Waals surface area contributed by atoms with Gasteiger partial charge in [0.1, 0.15) is 12.1 Å². The lowest BCUT2D eigenvalue weighted by molar-refractivity contribution is -0.137. The molecule has 0 saturated carbocycles. The Hall–Kier alpha value is -3.02. The molecule has 1 amide bonds. The summed E-state index contributed by atoms with van der Waals surface area (Å²) in [5.74, 6) is 0.302. The first-order chi connectivity index (χ1) is 12.3. The van der Waals surface area contributed by atoms with Crippen molar-refractivity contribution in [3.63, 3.8) is 0 Å². The molecule has 1 aromatic carbocycles. The molecule has 0 spiro atoms. The van der Waals surface area contributed by atoms with Crippen molar-refractivity contribution in [3.8, 4) is 6.07 Å². The van der Waals surface area contributed by atoms with Crippen molar-refractivity contribution < 1.29 is 18.0 Å². The number of carbonyl (C=O) groups excluding carboxylic acids is 1. The smallest absolute Gasteiger partial charge is 0.373 e. The fraction of sp³-hybridized carbons (Fsp3) is 0.353. The maximum atomic E-state index is 12.8. The molecule has 0 aliphatic carbocycles. The van der Waals surface area contributed by atoms with Crippen molar-refractivity contribution in [2.75, 3.05) is 16.8 Å². The fourth-order valence-electron chi connectivity index (χ4n) is 2.91. The number of carbonyl (C=O) groups is 1. The zero-order valence-electron chi connectivity index (χ0n) is 13.9. The SMILES string of the molecule is Cn1ccc(N2CCC[C@@H](Nc3ccc(C(F)(F)F)cc3C#N)C2=O)n1. The van der Waals surface area contributed by atoms with Crippen LogP contribution in [0.4, 0.5) is 24.7 Å². The predicted molar refractivity (Wildman–Crippen MR) is 88.4 cm³/mol. The van der Waals surface area contributed by atoms with Gasteiger partial charge in [-0.2, -0.15) is 23.5 Å². The molecule has 1 atom stereocenters. The van der Waals surface area contributed by atoms with Crippen LogP contribution < -0.4 is 10.2 Å². The van der Waals surface area contributed by atoms with E-state index in [9.17, 15) is 23.2 Å². The molecule has 1 N–H and O–H groups in total. The number of hydrogen-bond donors (Lipinski definition) is 1. The van der Waals surface area contributed by atoms with Crippen molar-refractivity contribution in [1.82, 2.24) is 9.78 Å². The van der Waals surface area contributed by atoms with Crippen molar-refractivity contribution in [1.29, 1.82) is 5.26 Å². The molecule has 0 radical (unpaired) electrons. The molecule has 3 rings (SSSR count). The van der Waals surface area contributed by atoms with Gasteiger partial charge in [0.25, 0.3) is 5.91 Å². The molecular formula is C17H16F3N5O. The summed E-state index contributed by atoms with van der Waals surface area (Å²) in [6.07, 6.45) is -1.57. The van der Waals surface area contributed by atoms with Crippen LogP contribution in [0.15, 0.2) is 30.5 Å². The Morgan fingerprint density at radius 1 is 1.35 bits per heavy atom. The summed E-state index contributed by atoms with van der Waals surface area (Å²) in [5.41, 5.74) is -0.839. The van der Waals surface area contributed by atoms with Gasteiger partial charge in [-0.15, -0.1) is 0 Å². The molecule has 1 aliphatic heterocycles. The molecule has 26 heavy (non-hydrogen) atoms. The summed E-state index contributed by atoms with van der Waals surface area (Å²) in [6, 6.07) is 5.72. The standard InChI is InChI=1S/C17H16F3N5O/c1-24-8-6-15(23-24)25-7-2-3-14(16(25)26)22-13-5-4-12(17(18,19)20)9-11(13)10-21/h4-6,8-9,14,22H,2-3,7H2,1H3/t14-/m1/s1. The molecule has 1 saturated heterocycles. The topological polar surface area (TPSA) is 73.9 Å². The van der Waals surface area contributed by atoms with Gasteiger partial charge in [0, 0.05) is 25.9 Å². The number of anilines is 2. The second kappa shape index (κ2) is 6.71. The maximum absolute atomic E-state index is 12.8. The van der Waals surface area contributed by atoms with E-state index in [-0.39, 0.29) is 17.2 Å². The van der Waals surface area contributed by atoms with E-state index in [0.29, 0.717) is 25.2 Å². The monoisotopic (exact) mass is 363 g/mol. The third kappa shape index (κ3) is 3.49. The first-order valence-electron chi connectivity index (χ1n) is 7.98. The van der Waals surface area contributed by atoms with E-state index in [2.05, 4.69) is 10.4 Å². The number of nitrogens with zero attached hydrogens (tertiary/aromatic N) is 4. The third-order valence-electron chi connectivity index (χ3n) is 4.21. The Morgan fingerprint density at radius 2 is 2.12 bits per heavy atom. The minimum absolute atomic E-state index is 0.150. The number of hydrogen-bond acceptors (Lipinski definition) is 4. The van der Waals surface area contributed by atoms with Gasteiger partial charge in [0.15, 0.2) is 5.82 Å². The first kappa shape index (κ1) is 17.8. The number of nitriles is 1. The van der Waals surface area contributed by atoms with E-state index in [1.807, 2.05) is 0 Å². The van der Waals surface area contributed by atoms with E-state index < -0.39 is 17.8 Å². The van der Waals surface area contributed by atoms with E-state index in [4.69, 9.17) is 0 Å². The Labute approximate surface area is 147 Å². The summed E-state index contributed by atoms with van der Waals surface area (Å²) in [4.78, 5) is 14.3. The van der Waals surface area contributed by atoms with Gasteiger partial charge < -0.3 is 5.32 Å². The molecular weight excluding hydrogens is 347 g/mol. The van der Waals surface area contributed by atoms with Crippen molar-refractivity contribution in [2.24, 2.45) is 7.05 Å². The maximum Gasteiger partial charge on any atom is 0.416 e.